The monoisotopic (exact) mass is 209 g/mol. The number of aromatic amines is 1. The molecule has 2 unspecified atom stereocenters. The van der Waals surface area contributed by atoms with Crippen LogP contribution in [0.4, 0.5) is 0 Å². The molecular formula is C11H19N3O. The van der Waals surface area contributed by atoms with Crippen LogP contribution in [0.3, 0.4) is 0 Å². The second-order valence-corrected chi connectivity index (χ2v) is 4.17. The maximum absolute atomic E-state index is 5.43. The maximum Gasteiger partial charge on any atom is 0.0925 e. The summed E-state index contributed by atoms with van der Waals surface area (Å²) < 4.78 is 5.43. The molecule has 1 aliphatic carbocycles. The van der Waals surface area contributed by atoms with Gasteiger partial charge in [-0.25, -0.2) is 4.98 Å². The fourth-order valence-corrected chi connectivity index (χ4v) is 2.23. The number of nitrogens with one attached hydrogen (secondary N) is 2. The number of hydrogen-bond donors (Lipinski definition) is 2. The molecule has 15 heavy (non-hydrogen) atoms. The minimum Gasteiger partial charge on any atom is -0.380 e. The normalized spacial score (nSPS) is 26.0. The minimum absolute atomic E-state index is 0.379. The summed E-state index contributed by atoms with van der Waals surface area (Å²) in [5, 5.41) is 3.52. The second-order valence-electron chi connectivity index (χ2n) is 4.17. The van der Waals surface area contributed by atoms with Crippen molar-refractivity contribution in [1.82, 2.24) is 15.3 Å². The van der Waals surface area contributed by atoms with E-state index < -0.39 is 0 Å². The highest BCUT2D eigenvalue weighted by Gasteiger charge is 2.26. The van der Waals surface area contributed by atoms with Gasteiger partial charge in [0.05, 0.1) is 18.1 Å². The fraction of sp³-hybridized carbons (Fsp3) is 0.727. The molecular weight excluding hydrogens is 190 g/mol. The molecule has 2 rings (SSSR count). The van der Waals surface area contributed by atoms with Crippen molar-refractivity contribution in [2.45, 2.75) is 44.9 Å². The third-order valence-electron chi connectivity index (χ3n) is 3.22. The van der Waals surface area contributed by atoms with Gasteiger partial charge in [-0.2, -0.15) is 0 Å². The molecule has 1 saturated carbocycles. The summed E-state index contributed by atoms with van der Waals surface area (Å²) >= 11 is 0. The standard InChI is InChI=1S/C11H19N3O/c1-8-10(14-7-13-8)6-12-9-4-3-5-11(9)15-2/h7,9,11-12H,3-6H2,1-2H3,(H,13,14). The lowest BCUT2D eigenvalue weighted by Gasteiger charge is -2.19. The summed E-state index contributed by atoms with van der Waals surface area (Å²) in [6.07, 6.45) is 5.77. The van der Waals surface area contributed by atoms with E-state index in [-0.39, 0.29) is 0 Å². The van der Waals surface area contributed by atoms with E-state index in [2.05, 4.69) is 15.3 Å². The van der Waals surface area contributed by atoms with E-state index in [4.69, 9.17) is 4.74 Å². The Labute approximate surface area is 90.4 Å². The van der Waals surface area contributed by atoms with Crippen molar-refractivity contribution in [2.24, 2.45) is 0 Å². The number of methoxy groups -OCH3 is 1. The molecule has 1 fully saturated rings. The average molecular weight is 209 g/mol. The second kappa shape index (κ2) is 4.77. The molecule has 4 heteroatoms. The first-order valence-electron chi connectivity index (χ1n) is 5.56. The van der Waals surface area contributed by atoms with Crippen LogP contribution >= 0.6 is 0 Å². The molecule has 84 valence electrons. The topological polar surface area (TPSA) is 49.9 Å². The molecule has 0 saturated heterocycles. The first-order chi connectivity index (χ1) is 7.31. The van der Waals surface area contributed by atoms with Crippen LogP contribution in [0.1, 0.15) is 30.7 Å². The molecule has 4 nitrogen and oxygen atoms in total. The van der Waals surface area contributed by atoms with E-state index >= 15 is 0 Å². The molecule has 1 aromatic heterocycles. The zero-order chi connectivity index (χ0) is 10.7. The number of rotatable bonds is 4. The van der Waals surface area contributed by atoms with Crippen LogP contribution < -0.4 is 5.32 Å². The van der Waals surface area contributed by atoms with Gasteiger partial charge in [0, 0.05) is 25.4 Å². The van der Waals surface area contributed by atoms with Crippen molar-refractivity contribution < 1.29 is 4.74 Å². The molecule has 1 aromatic rings. The van der Waals surface area contributed by atoms with Crippen LogP contribution in [0.2, 0.25) is 0 Å². The molecule has 0 spiro atoms. The third-order valence-corrected chi connectivity index (χ3v) is 3.22. The number of hydrogen-bond acceptors (Lipinski definition) is 3. The zero-order valence-corrected chi connectivity index (χ0v) is 9.42. The Morgan fingerprint density at radius 2 is 2.47 bits per heavy atom. The summed E-state index contributed by atoms with van der Waals surface area (Å²) in [7, 11) is 1.80. The largest absolute Gasteiger partial charge is 0.380 e. The van der Waals surface area contributed by atoms with Crippen molar-refractivity contribution in [3.8, 4) is 0 Å². The Morgan fingerprint density at radius 1 is 1.60 bits per heavy atom. The quantitative estimate of drug-likeness (QED) is 0.787. The number of aryl methyl sites for hydroxylation is 1. The van der Waals surface area contributed by atoms with Crippen LogP contribution in [0.15, 0.2) is 6.33 Å². The maximum atomic E-state index is 5.43. The van der Waals surface area contributed by atoms with Gasteiger partial charge in [-0.1, -0.05) is 0 Å². The van der Waals surface area contributed by atoms with E-state index in [1.807, 2.05) is 6.92 Å². The van der Waals surface area contributed by atoms with E-state index in [0.717, 1.165) is 17.9 Å². The molecule has 2 atom stereocenters. The van der Waals surface area contributed by atoms with Crippen molar-refractivity contribution in [2.75, 3.05) is 7.11 Å². The Balaban J connectivity index is 1.85. The molecule has 0 bridgehead atoms. The van der Waals surface area contributed by atoms with Gasteiger partial charge in [0.2, 0.25) is 0 Å². The van der Waals surface area contributed by atoms with Crippen LogP contribution in [0, 0.1) is 6.92 Å². The highest BCUT2D eigenvalue weighted by Crippen LogP contribution is 2.21. The predicted octanol–water partition coefficient (Wildman–Crippen LogP) is 1.38. The average Bonchev–Trinajstić information content (AvgIpc) is 2.83. The Kier molecular flexibility index (Phi) is 3.38. The summed E-state index contributed by atoms with van der Waals surface area (Å²) in [4.78, 5) is 7.36. The predicted molar refractivity (Wildman–Crippen MR) is 58.6 cm³/mol. The van der Waals surface area contributed by atoms with Crippen molar-refractivity contribution >= 4 is 0 Å². The SMILES string of the molecule is COC1CCCC1NCc1nc[nH]c1C. The summed E-state index contributed by atoms with van der Waals surface area (Å²) in [5.41, 5.74) is 2.26. The Morgan fingerprint density at radius 3 is 3.13 bits per heavy atom. The van der Waals surface area contributed by atoms with Gasteiger partial charge >= 0.3 is 0 Å². The molecule has 0 radical (unpaired) electrons. The van der Waals surface area contributed by atoms with Gasteiger partial charge in [0.1, 0.15) is 0 Å². The number of H-pyrrole nitrogens is 1. The summed E-state index contributed by atoms with van der Waals surface area (Å²) in [5.74, 6) is 0. The molecule has 0 amide bonds. The molecule has 0 aromatic carbocycles. The third kappa shape index (κ3) is 2.38. The molecule has 2 N–H and O–H groups in total. The summed E-state index contributed by atoms with van der Waals surface area (Å²) in [6.45, 7) is 2.88. The van der Waals surface area contributed by atoms with Gasteiger partial charge in [-0.3, -0.25) is 0 Å². The van der Waals surface area contributed by atoms with Gasteiger partial charge < -0.3 is 15.0 Å². The van der Waals surface area contributed by atoms with Crippen molar-refractivity contribution in [3.63, 3.8) is 0 Å². The lowest BCUT2D eigenvalue weighted by atomic mass is 10.2. The first kappa shape index (κ1) is 10.6. The smallest absolute Gasteiger partial charge is 0.0925 e. The number of imidazole rings is 1. The van der Waals surface area contributed by atoms with E-state index in [0.29, 0.717) is 12.1 Å². The number of nitrogens with zero attached hydrogens (tertiary/aromatic N) is 1. The Hall–Kier alpha value is -0.870. The molecule has 0 aliphatic heterocycles. The van der Waals surface area contributed by atoms with Gasteiger partial charge in [-0.05, 0) is 26.2 Å². The van der Waals surface area contributed by atoms with Gasteiger partial charge in [0.25, 0.3) is 0 Å². The molecule has 1 heterocycles. The number of ether oxygens (including phenoxy) is 1. The fourth-order valence-electron chi connectivity index (χ4n) is 2.23. The van der Waals surface area contributed by atoms with Gasteiger partial charge in [0.15, 0.2) is 0 Å². The van der Waals surface area contributed by atoms with E-state index in [1.54, 1.807) is 13.4 Å². The molecule has 1 aliphatic rings. The van der Waals surface area contributed by atoms with Crippen molar-refractivity contribution in [1.29, 1.82) is 0 Å². The summed E-state index contributed by atoms with van der Waals surface area (Å²) in [6, 6.07) is 0.492. The van der Waals surface area contributed by atoms with Crippen molar-refractivity contribution in [3.05, 3.63) is 17.7 Å². The van der Waals surface area contributed by atoms with Crippen LogP contribution in [-0.2, 0) is 11.3 Å². The highest BCUT2D eigenvalue weighted by molar-refractivity contribution is 5.08. The van der Waals surface area contributed by atoms with E-state index in [1.165, 1.54) is 19.3 Å². The highest BCUT2D eigenvalue weighted by atomic mass is 16.5. The minimum atomic E-state index is 0.379. The number of aromatic nitrogens is 2. The zero-order valence-electron chi connectivity index (χ0n) is 9.42. The lowest BCUT2D eigenvalue weighted by Crippen LogP contribution is -2.36. The van der Waals surface area contributed by atoms with Gasteiger partial charge in [-0.15, -0.1) is 0 Å². The lowest BCUT2D eigenvalue weighted by molar-refractivity contribution is 0.0846. The van der Waals surface area contributed by atoms with E-state index in [9.17, 15) is 0 Å². The van der Waals surface area contributed by atoms with Crippen LogP contribution in [-0.4, -0.2) is 29.2 Å². The first-order valence-corrected chi connectivity index (χ1v) is 5.56. The van der Waals surface area contributed by atoms with Crippen LogP contribution in [0.25, 0.3) is 0 Å². The Bertz CT molecular complexity index is 311. The van der Waals surface area contributed by atoms with Crippen LogP contribution in [0.5, 0.6) is 0 Å².